The molecule has 1 rings (SSSR count). The van der Waals surface area contributed by atoms with Gasteiger partial charge in [-0.2, -0.15) is 0 Å². The molecule has 1 aromatic carbocycles. The van der Waals surface area contributed by atoms with E-state index in [0.29, 0.717) is 6.54 Å². The highest BCUT2D eigenvalue weighted by Gasteiger charge is 1.95. The first kappa shape index (κ1) is 10.2. The van der Waals surface area contributed by atoms with Crippen LogP contribution in [0.5, 0.6) is 0 Å². The van der Waals surface area contributed by atoms with Crippen LogP contribution in [0.4, 0.5) is 0 Å². The number of nitrogens with one attached hydrogen (secondary N) is 1. The fourth-order valence-electron chi connectivity index (χ4n) is 0.977. The fourth-order valence-corrected chi connectivity index (χ4v) is 1.42. The first-order valence-corrected chi connectivity index (χ1v) is 4.71. The maximum Gasteiger partial charge on any atom is 0.231 e. The number of rotatable bonds is 4. The van der Waals surface area contributed by atoms with Crippen LogP contribution >= 0.6 is 15.9 Å². The minimum Gasteiger partial charge on any atom is -0.369 e. The number of primary amides is 1. The van der Waals surface area contributed by atoms with Gasteiger partial charge in [-0.25, -0.2) is 0 Å². The van der Waals surface area contributed by atoms with Gasteiger partial charge in [-0.05, 0) is 17.7 Å². The van der Waals surface area contributed by atoms with Gasteiger partial charge in [0.05, 0.1) is 6.54 Å². The molecular formula is C9H11BrN2O. The van der Waals surface area contributed by atoms with Crippen LogP contribution in [-0.4, -0.2) is 12.5 Å². The van der Waals surface area contributed by atoms with E-state index < -0.39 is 0 Å². The van der Waals surface area contributed by atoms with E-state index in [1.165, 1.54) is 0 Å². The molecule has 1 aromatic rings. The van der Waals surface area contributed by atoms with Crippen molar-refractivity contribution in [1.29, 1.82) is 0 Å². The molecule has 0 bridgehead atoms. The number of carbonyl (C=O) groups is 1. The van der Waals surface area contributed by atoms with Gasteiger partial charge in [0, 0.05) is 11.0 Å². The highest BCUT2D eigenvalue weighted by atomic mass is 79.9. The lowest BCUT2D eigenvalue weighted by Gasteiger charge is -2.02. The first-order chi connectivity index (χ1) is 6.18. The van der Waals surface area contributed by atoms with Gasteiger partial charge in [-0.3, -0.25) is 4.79 Å². The summed E-state index contributed by atoms with van der Waals surface area (Å²) < 4.78 is 1.03. The molecule has 0 saturated heterocycles. The summed E-state index contributed by atoms with van der Waals surface area (Å²) in [4.78, 5) is 10.4. The van der Waals surface area contributed by atoms with E-state index in [4.69, 9.17) is 5.73 Å². The molecule has 0 heterocycles. The lowest BCUT2D eigenvalue weighted by molar-refractivity contribution is -0.117. The minimum absolute atomic E-state index is 0.215. The molecule has 0 spiro atoms. The average molecular weight is 243 g/mol. The van der Waals surface area contributed by atoms with Crippen molar-refractivity contribution in [2.24, 2.45) is 5.73 Å². The van der Waals surface area contributed by atoms with Gasteiger partial charge < -0.3 is 11.1 Å². The van der Waals surface area contributed by atoms with Crippen molar-refractivity contribution in [3.8, 4) is 0 Å². The van der Waals surface area contributed by atoms with Crippen LogP contribution in [0.2, 0.25) is 0 Å². The Balaban J connectivity index is 2.41. The Bertz CT molecular complexity index is 301. The maximum absolute atomic E-state index is 10.4. The van der Waals surface area contributed by atoms with E-state index >= 15 is 0 Å². The smallest absolute Gasteiger partial charge is 0.231 e. The lowest BCUT2D eigenvalue weighted by Crippen LogP contribution is -2.28. The third kappa shape index (κ3) is 4.05. The van der Waals surface area contributed by atoms with Gasteiger partial charge in [0.2, 0.25) is 5.91 Å². The Morgan fingerprint density at radius 2 is 2.31 bits per heavy atom. The van der Waals surface area contributed by atoms with Crippen LogP contribution in [0.15, 0.2) is 28.7 Å². The number of hydrogen-bond donors (Lipinski definition) is 2. The first-order valence-electron chi connectivity index (χ1n) is 3.92. The SMILES string of the molecule is NC(=O)CNCc1cccc(Br)c1. The van der Waals surface area contributed by atoms with E-state index in [1.807, 2.05) is 24.3 Å². The Labute approximate surface area is 85.4 Å². The normalized spacial score (nSPS) is 9.92. The van der Waals surface area contributed by atoms with Gasteiger partial charge >= 0.3 is 0 Å². The molecule has 0 unspecified atom stereocenters. The maximum atomic E-state index is 10.4. The van der Waals surface area contributed by atoms with E-state index in [-0.39, 0.29) is 12.5 Å². The quantitative estimate of drug-likeness (QED) is 0.829. The van der Waals surface area contributed by atoms with Crippen molar-refractivity contribution in [1.82, 2.24) is 5.32 Å². The highest BCUT2D eigenvalue weighted by Crippen LogP contribution is 2.10. The Kier molecular flexibility index (Phi) is 3.92. The van der Waals surface area contributed by atoms with E-state index in [9.17, 15) is 4.79 Å². The van der Waals surface area contributed by atoms with Gasteiger partial charge in [0.1, 0.15) is 0 Å². The van der Waals surface area contributed by atoms with Crippen LogP contribution in [-0.2, 0) is 11.3 Å². The number of carbonyl (C=O) groups excluding carboxylic acids is 1. The second-order valence-electron chi connectivity index (χ2n) is 2.70. The van der Waals surface area contributed by atoms with Crippen molar-refractivity contribution < 1.29 is 4.79 Å². The Hall–Kier alpha value is -0.870. The third-order valence-electron chi connectivity index (χ3n) is 1.52. The summed E-state index contributed by atoms with van der Waals surface area (Å²) in [7, 11) is 0. The minimum atomic E-state index is -0.338. The number of halogens is 1. The number of nitrogens with two attached hydrogens (primary N) is 1. The van der Waals surface area contributed by atoms with Gasteiger partial charge in [-0.1, -0.05) is 28.1 Å². The van der Waals surface area contributed by atoms with E-state index in [1.54, 1.807) is 0 Å². The van der Waals surface area contributed by atoms with Gasteiger partial charge in [0.25, 0.3) is 0 Å². The molecule has 13 heavy (non-hydrogen) atoms. The largest absolute Gasteiger partial charge is 0.369 e. The van der Waals surface area contributed by atoms with E-state index in [0.717, 1.165) is 10.0 Å². The Morgan fingerprint density at radius 1 is 1.54 bits per heavy atom. The summed E-state index contributed by atoms with van der Waals surface area (Å²) >= 11 is 3.36. The zero-order valence-corrected chi connectivity index (χ0v) is 8.67. The Morgan fingerprint density at radius 3 is 2.92 bits per heavy atom. The van der Waals surface area contributed by atoms with Crippen molar-refractivity contribution >= 4 is 21.8 Å². The van der Waals surface area contributed by atoms with Crippen LogP contribution in [0.1, 0.15) is 5.56 Å². The summed E-state index contributed by atoms with van der Waals surface area (Å²) in [6.07, 6.45) is 0. The third-order valence-corrected chi connectivity index (χ3v) is 2.01. The van der Waals surface area contributed by atoms with Crippen molar-refractivity contribution in [3.05, 3.63) is 34.3 Å². The summed E-state index contributed by atoms with van der Waals surface area (Å²) in [5.74, 6) is -0.338. The summed E-state index contributed by atoms with van der Waals surface area (Å²) in [5, 5.41) is 2.93. The molecule has 0 fully saturated rings. The molecular weight excluding hydrogens is 232 g/mol. The molecule has 0 aromatic heterocycles. The second kappa shape index (κ2) is 4.99. The number of benzene rings is 1. The molecule has 3 nitrogen and oxygen atoms in total. The van der Waals surface area contributed by atoms with Gasteiger partial charge in [0.15, 0.2) is 0 Å². The molecule has 0 radical (unpaired) electrons. The average Bonchev–Trinajstić information content (AvgIpc) is 2.03. The molecule has 0 aliphatic carbocycles. The second-order valence-corrected chi connectivity index (χ2v) is 3.62. The summed E-state index contributed by atoms with van der Waals surface area (Å²) in [6.45, 7) is 0.870. The topological polar surface area (TPSA) is 55.1 Å². The molecule has 70 valence electrons. The molecule has 0 aliphatic heterocycles. The van der Waals surface area contributed by atoms with Crippen LogP contribution in [0.25, 0.3) is 0 Å². The van der Waals surface area contributed by atoms with Crippen LogP contribution in [0, 0.1) is 0 Å². The molecule has 0 atom stereocenters. The van der Waals surface area contributed by atoms with E-state index in [2.05, 4.69) is 21.2 Å². The van der Waals surface area contributed by atoms with Crippen molar-refractivity contribution in [2.75, 3.05) is 6.54 Å². The fraction of sp³-hybridized carbons (Fsp3) is 0.222. The summed E-state index contributed by atoms with van der Waals surface area (Å²) in [5.41, 5.74) is 6.10. The zero-order valence-electron chi connectivity index (χ0n) is 7.09. The zero-order chi connectivity index (χ0) is 9.68. The van der Waals surface area contributed by atoms with Crippen LogP contribution < -0.4 is 11.1 Å². The van der Waals surface area contributed by atoms with Crippen molar-refractivity contribution in [3.63, 3.8) is 0 Å². The molecule has 3 N–H and O–H groups in total. The summed E-state index contributed by atoms with van der Waals surface area (Å²) in [6, 6.07) is 7.88. The molecule has 0 saturated carbocycles. The van der Waals surface area contributed by atoms with Crippen LogP contribution in [0.3, 0.4) is 0 Å². The molecule has 0 aliphatic rings. The molecule has 1 amide bonds. The predicted octanol–water partition coefficient (Wildman–Crippen LogP) is 1.02. The van der Waals surface area contributed by atoms with Gasteiger partial charge in [-0.15, -0.1) is 0 Å². The molecule has 4 heteroatoms. The monoisotopic (exact) mass is 242 g/mol. The predicted molar refractivity (Wildman–Crippen MR) is 55.0 cm³/mol. The number of hydrogen-bond acceptors (Lipinski definition) is 2. The highest BCUT2D eigenvalue weighted by molar-refractivity contribution is 9.10. The van der Waals surface area contributed by atoms with Crippen molar-refractivity contribution in [2.45, 2.75) is 6.54 Å². The lowest BCUT2D eigenvalue weighted by atomic mass is 10.2. The number of amides is 1. The standard InChI is InChI=1S/C9H11BrN2O/c10-8-3-1-2-7(4-8)5-12-6-9(11)13/h1-4,12H,5-6H2,(H2,11,13).